The van der Waals surface area contributed by atoms with Crippen molar-refractivity contribution in [1.82, 2.24) is 0 Å². The van der Waals surface area contributed by atoms with Gasteiger partial charge in [0.25, 0.3) is 0 Å². The molecule has 0 aromatic carbocycles. The van der Waals surface area contributed by atoms with Crippen LogP contribution in [0.4, 0.5) is 0 Å². The van der Waals surface area contributed by atoms with Crippen LogP contribution in [-0.4, -0.2) is 5.25 Å². The minimum absolute atomic E-state index is 0.369. The van der Waals surface area contributed by atoms with Crippen molar-refractivity contribution in [3.05, 3.63) is 0 Å². The third-order valence-electron chi connectivity index (χ3n) is 2.58. The summed E-state index contributed by atoms with van der Waals surface area (Å²) in [6.07, 6.45) is 8.15. The van der Waals surface area contributed by atoms with Crippen LogP contribution in [0.3, 0.4) is 0 Å². The second kappa shape index (κ2) is 6.75. The zero-order valence-corrected chi connectivity index (χ0v) is 10.7. The maximum atomic E-state index is 4.64. The molecule has 0 nitrogen and oxygen atoms in total. The van der Waals surface area contributed by atoms with Crippen molar-refractivity contribution in [2.75, 3.05) is 0 Å². The molecule has 0 heterocycles. The summed E-state index contributed by atoms with van der Waals surface area (Å²) in [5, 5.41) is 0.564. The normalized spacial score (nSPS) is 14.5. The highest BCUT2D eigenvalue weighted by molar-refractivity contribution is 7.81. The Morgan fingerprint density at radius 2 is 1.54 bits per heavy atom. The fourth-order valence-electron chi connectivity index (χ4n) is 1.37. The fraction of sp³-hybridized carbons (Fsp3) is 1.00. The number of hydrogen-bond acceptors (Lipinski definition) is 1. The molecule has 0 amide bonds. The molecule has 1 heteroatoms. The summed E-state index contributed by atoms with van der Waals surface area (Å²) in [5.74, 6) is 0. The van der Waals surface area contributed by atoms with Crippen LogP contribution < -0.4 is 0 Å². The molecule has 0 aliphatic carbocycles. The molecular weight excluding hydrogens is 176 g/mol. The topological polar surface area (TPSA) is 0 Å². The summed E-state index contributed by atoms with van der Waals surface area (Å²) >= 11 is 4.64. The molecule has 0 rings (SSSR count). The van der Waals surface area contributed by atoms with Crippen LogP contribution in [0, 0.1) is 5.41 Å². The first kappa shape index (κ1) is 13.4. The molecule has 0 bridgehead atoms. The van der Waals surface area contributed by atoms with Gasteiger partial charge in [-0.1, -0.05) is 59.8 Å². The van der Waals surface area contributed by atoms with Crippen LogP contribution in [0.5, 0.6) is 0 Å². The van der Waals surface area contributed by atoms with Gasteiger partial charge in [-0.15, -0.1) is 0 Å². The summed E-state index contributed by atoms with van der Waals surface area (Å²) < 4.78 is 0. The van der Waals surface area contributed by atoms with Crippen molar-refractivity contribution >= 4 is 12.6 Å². The average Bonchev–Trinajstić information content (AvgIpc) is 2.02. The maximum Gasteiger partial charge on any atom is 0.00653 e. The van der Waals surface area contributed by atoms with E-state index in [0.717, 1.165) is 0 Å². The van der Waals surface area contributed by atoms with Gasteiger partial charge in [0.2, 0.25) is 0 Å². The van der Waals surface area contributed by atoms with E-state index in [1.54, 1.807) is 0 Å². The van der Waals surface area contributed by atoms with Crippen LogP contribution in [0.25, 0.3) is 0 Å². The van der Waals surface area contributed by atoms with E-state index in [4.69, 9.17) is 0 Å². The largest absolute Gasteiger partial charge is 0.175 e. The molecule has 0 aromatic rings. The van der Waals surface area contributed by atoms with E-state index in [9.17, 15) is 0 Å². The van der Waals surface area contributed by atoms with Crippen LogP contribution in [0.2, 0.25) is 0 Å². The summed E-state index contributed by atoms with van der Waals surface area (Å²) in [4.78, 5) is 0. The van der Waals surface area contributed by atoms with Gasteiger partial charge in [0.15, 0.2) is 0 Å². The lowest BCUT2D eigenvalue weighted by Gasteiger charge is -2.26. The van der Waals surface area contributed by atoms with Crippen LogP contribution in [0.1, 0.15) is 66.2 Å². The lowest BCUT2D eigenvalue weighted by molar-refractivity contribution is 0.372. The second-order valence-electron chi connectivity index (χ2n) is 5.08. The standard InChI is InChI=1S/C12H26S/c1-5-6-7-8-9-10-11(13)12(2,3)4/h11,13H,5-10H2,1-4H3. The Bertz CT molecular complexity index is 113. The molecule has 1 unspecified atom stereocenters. The predicted octanol–water partition coefficient (Wildman–Crippen LogP) is 4.69. The Balaban J connectivity index is 3.32. The van der Waals surface area contributed by atoms with Gasteiger partial charge in [-0.05, 0) is 11.8 Å². The Morgan fingerprint density at radius 3 is 2.00 bits per heavy atom. The molecule has 0 saturated heterocycles. The minimum Gasteiger partial charge on any atom is -0.175 e. The third-order valence-corrected chi connectivity index (χ3v) is 3.61. The zero-order valence-electron chi connectivity index (χ0n) is 9.77. The molecule has 0 aliphatic heterocycles. The molecule has 0 aliphatic rings. The van der Waals surface area contributed by atoms with Crippen LogP contribution in [0.15, 0.2) is 0 Å². The molecule has 13 heavy (non-hydrogen) atoms. The van der Waals surface area contributed by atoms with Crippen molar-refractivity contribution in [2.45, 2.75) is 71.5 Å². The van der Waals surface area contributed by atoms with Gasteiger partial charge in [-0.2, -0.15) is 12.6 Å². The lowest BCUT2D eigenvalue weighted by Crippen LogP contribution is -2.20. The van der Waals surface area contributed by atoms with Gasteiger partial charge in [0, 0.05) is 5.25 Å². The van der Waals surface area contributed by atoms with E-state index < -0.39 is 0 Å². The number of hydrogen-bond donors (Lipinski definition) is 1. The van der Waals surface area contributed by atoms with Gasteiger partial charge < -0.3 is 0 Å². The van der Waals surface area contributed by atoms with Crippen molar-refractivity contribution in [3.8, 4) is 0 Å². The maximum absolute atomic E-state index is 4.64. The van der Waals surface area contributed by atoms with E-state index in [1.807, 2.05) is 0 Å². The Kier molecular flexibility index (Phi) is 6.93. The molecule has 0 N–H and O–H groups in total. The SMILES string of the molecule is CCCCCCCC(S)C(C)(C)C. The first-order chi connectivity index (χ1) is 5.98. The first-order valence-electron chi connectivity index (χ1n) is 5.66. The quantitative estimate of drug-likeness (QED) is 0.469. The first-order valence-corrected chi connectivity index (χ1v) is 6.18. The summed E-state index contributed by atoms with van der Waals surface area (Å²) in [6.45, 7) is 9.08. The minimum atomic E-state index is 0.369. The van der Waals surface area contributed by atoms with Gasteiger partial charge >= 0.3 is 0 Å². The lowest BCUT2D eigenvalue weighted by atomic mass is 9.88. The van der Waals surface area contributed by atoms with Gasteiger partial charge in [0.1, 0.15) is 0 Å². The highest BCUT2D eigenvalue weighted by Crippen LogP contribution is 2.28. The van der Waals surface area contributed by atoms with Crippen LogP contribution in [-0.2, 0) is 0 Å². The van der Waals surface area contributed by atoms with E-state index in [1.165, 1.54) is 38.5 Å². The van der Waals surface area contributed by atoms with Crippen molar-refractivity contribution in [3.63, 3.8) is 0 Å². The average molecular weight is 202 g/mol. The summed E-state index contributed by atoms with van der Waals surface area (Å²) in [6, 6.07) is 0. The number of thiol groups is 1. The van der Waals surface area contributed by atoms with E-state index in [2.05, 4.69) is 40.3 Å². The second-order valence-corrected chi connectivity index (χ2v) is 5.71. The zero-order chi connectivity index (χ0) is 10.3. The third kappa shape index (κ3) is 7.42. The Hall–Kier alpha value is 0.350. The summed E-state index contributed by atoms with van der Waals surface area (Å²) in [7, 11) is 0. The van der Waals surface area contributed by atoms with Gasteiger partial charge in [-0.3, -0.25) is 0 Å². The highest BCUT2D eigenvalue weighted by atomic mass is 32.1. The molecular formula is C12H26S. The van der Waals surface area contributed by atoms with Crippen LogP contribution >= 0.6 is 12.6 Å². The van der Waals surface area contributed by atoms with Crippen molar-refractivity contribution in [1.29, 1.82) is 0 Å². The fourth-order valence-corrected chi connectivity index (χ4v) is 1.56. The molecule has 80 valence electrons. The van der Waals surface area contributed by atoms with Gasteiger partial charge in [-0.25, -0.2) is 0 Å². The van der Waals surface area contributed by atoms with E-state index in [-0.39, 0.29) is 0 Å². The van der Waals surface area contributed by atoms with Crippen molar-refractivity contribution < 1.29 is 0 Å². The molecule has 0 saturated carbocycles. The molecule has 0 aromatic heterocycles. The Morgan fingerprint density at radius 1 is 1.00 bits per heavy atom. The number of unbranched alkanes of at least 4 members (excludes halogenated alkanes) is 4. The smallest absolute Gasteiger partial charge is 0.00653 e. The van der Waals surface area contributed by atoms with Crippen molar-refractivity contribution in [2.24, 2.45) is 5.41 Å². The molecule has 0 radical (unpaired) electrons. The number of rotatable bonds is 6. The predicted molar refractivity (Wildman–Crippen MR) is 65.6 cm³/mol. The van der Waals surface area contributed by atoms with E-state index in [0.29, 0.717) is 10.7 Å². The highest BCUT2D eigenvalue weighted by Gasteiger charge is 2.19. The monoisotopic (exact) mass is 202 g/mol. The van der Waals surface area contributed by atoms with Gasteiger partial charge in [0.05, 0.1) is 0 Å². The molecule has 0 fully saturated rings. The van der Waals surface area contributed by atoms with E-state index >= 15 is 0 Å². The Labute approximate surface area is 89.9 Å². The molecule has 1 atom stereocenters. The molecule has 0 spiro atoms. The summed E-state index contributed by atoms with van der Waals surface area (Å²) in [5.41, 5.74) is 0.369.